The summed E-state index contributed by atoms with van der Waals surface area (Å²) < 4.78 is 5.60. The molecule has 1 aromatic carbocycles. The summed E-state index contributed by atoms with van der Waals surface area (Å²) in [5.74, 6) is 0.165. The van der Waals surface area contributed by atoms with Crippen LogP contribution in [0.25, 0.3) is 11.0 Å². The predicted octanol–water partition coefficient (Wildman–Crippen LogP) is 2.28. The average Bonchev–Trinajstić information content (AvgIpc) is 2.90. The van der Waals surface area contributed by atoms with Crippen molar-refractivity contribution in [2.24, 2.45) is 0 Å². The molecule has 1 aromatic heterocycles. The number of hydrogen-bond donors (Lipinski definition) is 0. The Morgan fingerprint density at radius 2 is 1.65 bits per heavy atom. The van der Waals surface area contributed by atoms with E-state index in [4.69, 9.17) is 4.42 Å². The van der Waals surface area contributed by atoms with Crippen molar-refractivity contribution >= 4 is 22.8 Å². The lowest BCUT2D eigenvalue weighted by Gasteiger charge is -2.34. The van der Waals surface area contributed by atoms with Crippen LogP contribution in [-0.4, -0.2) is 47.8 Å². The number of fused-ring (bicyclic) bond motifs is 1. The van der Waals surface area contributed by atoms with Crippen molar-refractivity contribution in [3.63, 3.8) is 0 Å². The van der Waals surface area contributed by atoms with Gasteiger partial charge in [-0.1, -0.05) is 0 Å². The molecule has 122 valence electrons. The van der Waals surface area contributed by atoms with E-state index in [2.05, 4.69) is 19.9 Å². The second kappa shape index (κ2) is 6.07. The van der Waals surface area contributed by atoms with Crippen molar-refractivity contribution in [3.8, 4) is 0 Å². The molecule has 1 fully saturated rings. The molecular weight excluding hydrogens is 292 g/mol. The first-order valence-electron chi connectivity index (χ1n) is 7.96. The van der Waals surface area contributed by atoms with Gasteiger partial charge in [-0.3, -0.25) is 9.59 Å². The van der Waals surface area contributed by atoms with E-state index in [9.17, 15) is 9.59 Å². The highest BCUT2D eigenvalue weighted by molar-refractivity contribution is 5.88. The van der Waals surface area contributed by atoms with E-state index in [1.807, 2.05) is 11.0 Å². The zero-order chi connectivity index (χ0) is 16.6. The van der Waals surface area contributed by atoms with E-state index in [1.165, 1.54) is 11.1 Å². The van der Waals surface area contributed by atoms with Gasteiger partial charge in [0.15, 0.2) is 0 Å². The van der Waals surface area contributed by atoms with Gasteiger partial charge in [-0.2, -0.15) is 0 Å². The van der Waals surface area contributed by atoms with Crippen molar-refractivity contribution in [3.05, 3.63) is 35.1 Å². The molecule has 5 nitrogen and oxygen atoms in total. The van der Waals surface area contributed by atoms with Gasteiger partial charge in [0, 0.05) is 44.1 Å². The predicted molar refractivity (Wildman–Crippen MR) is 88.2 cm³/mol. The number of piperazine rings is 1. The van der Waals surface area contributed by atoms with Crippen LogP contribution in [0.3, 0.4) is 0 Å². The summed E-state index contributed by atoms with van der Waals surface area (Å²) >= 11 is 0. The quantitative estimate of drug-likeness (QED) is 0.854. The van der Waals surface area contributed by atoms with E-state index in [0.29, 0.717) is 32.6 Å². The smallest absolute Gasteiger partial charge is 0.227 e. The lowest BCUT2D eigenvalue weighted by atomic mass is 10.0. The summed E-state index contributed by atoms with van der Waals surface area (Å²) in [5, 5.41) is 1.02. The highest BCUT2D eigenvalue weighted by atomic mass is 16.3. The number of hydrogen-bond acceptors (Lipinski definition) is 3. The Labute approximate surface area is 135 Å². The standard InChI is InChI=1S/C18H22N2O3/c1-12-8-16-15(11-23-17(16)9-13(12)2)10-18(22)20-6-4-19(5-7-20)14(3)21/h8-9,11H,4-7,10H2,1-3H3. The summed E-state index contributed by atoms with van der Waals surface area (Å²) in [5.41, 5.74) is 4.15. The maximum atomic E-state index is 12.5. The van der Waals surface area contributed by atoms with E-state index in [-0.39, 0.29) is 11.8 Å². The average molecular weight is 314 g/mol. The Kier molecular flexibility index (Phi) is 4.11. The molecule has 0 aliphatic carbocycles. The van der Waals surface area contributed by atoms with Crippen molar-refractivity contribution < 1.29 is 14.0 Å². The number of rotatable bonds is 2. The van der Waals surface area contributed by atoms with Gasteiger partial charge in [-0.25, -0.2) is 0 Å². The van der Waals surface area contributed by atoms with Crippen molar-refractivity contribution in [2.75, 3.05) is 26.2 Å². The first kappa shape index (κ1) is 15.6. The maximum absolute atomic E-state index is 12.5. The highest BCUT2D eigenvalue weighted by Gasteiger charge is 2.23. The summed E-state index contributed by atoms with van der Waals surface area (Å²) in [4.78, 5) is 27.5. The first-order valence-corrected chi connectivity index (χ1v) is 7.96. The molecule has 0 radical (unpaired) electrons. The van der Waals surface area contributed by atoms with Gasteiger partial charge >= 0.3 is 0 Å². The zero-order valence-corrected chi connectivity index (χ0v) is 13.9. The minimum absolute atomic E-state index is 0.0729. The van der Waals surface area contributed by atoms with Crippen LogP contribution >= 0.6 is 0 Å². The molecule has 0 spiro atoms. The molecule has 1 saturated heterocycles. The largest absolute Gasteiger partial charge is 0.464 e. The van der Waals surface area contributed by atoms with Crippen LogP contribution in [-0.2, 0) is 16.0 Å². The fourth-order valence-electron chi connectivity index (χ4n) is 3.02. The van der Waals surface area contributed by atoms with E-state index in [0.717, 1.165) is 16.5 Å². The molecule has 3 rings (SSSR count). The third-order valence-corrected chi connectivity index (χ3v) is 4.69. The zero-order valence-electron chi connectivity index (χ0n) is 13.9. The van der Waals surface area contributed by atoms with Crippen molar-refractivity contribution in [1.29, 1.82) is 0 Å². The Bertz CT molecular complexity index is 755. The fourth-order valence-corrected chi connectivity index (χ4v) is 3.02. The molecule has 2 amide bonds. The van der Waals surface area contributed by atoms with Crippen LogP contribution in [0, 0.1) is 13.8 Å². The maximum Gasteiger partial charge on any atom is 0.227 e. The summed E-state index contributed by atoms with van der Waals surface area (Å²) in [6, 6.07) is 4.11. The molecule has 0 atom stereocenters. The second-order valence-corrected chi connectivity index (χ2v) is 6.26. The number of carbonyl (C=O) groups is 2. The van der Waals surface area contributed by atoms with E-state index >= 15 is 0 Å². The van der Waals surface area contributed by atoms with Crippen LogP contribution in [0.4, 0.5) is 0 Å². The molecule has 0 N–H and O–H groups in total. The van der Waals surface area contributed by atoms with Gasteiger partial charge in [-0.15, -0.1) is 0 Å². The molecule has 2 aromatic rings. The Morgan fingerprint density at radius 1 is 1.04 bits per heavy atom. The number of aryl methyl sites for hydroxylation is 2. The molecule has 0 saturated carbocycles. The second-order valence-electron chi connectivity index (χ2n) is 6.26. The Hall–Kier alpha value is -2.30. The molecule has 5 heteroatoms. The molecule has 23 heavy (non-hydrogen) atoms. The Morgan fingerprint density at radius 3 is 2.30 bits per heavy atom. The van der Waals surface area contributed by atoms with Crippen LogP contribution in [0.1, 0.15) is 23.6 Å². The highest BCUT2D eigenvalue weighted by Crippen LogP contribution is 2.25. The summed E-state index contributed by atoms with van der Waals surface area (Å²) in [6.45, 7) is 8.13. The van der Waals surface area contributed by atoms with Gasteiger partial charge < -0.3 is 14.2 Å². The van der Waals surface area contributed by atoms with Gasteiger partial charge in [0.05, 0.1) is 12.7 Å². The van der Waals surface area contributed by atoms with Gasteiger partial charge in [-0.05, 0) is 37.1 Å². The van der Waals surface area contributed by atoms with Crippen LogP contribution < -0.4 is 0 Å². The van der Waals surface area contributed by atoms with Crippen LogP contribution in [0.15, 0.2) is 22.8 Å². The monoisotopic (exact) mass is 314 g/mol. The topological polar surface area (TPSA) is 53.8 Å². The fraction of sp³-hybridized carbons (Fsp3) is 0.444. The Balaban J connectivity index is 1.71. The minimum Gasteiger partial charge on any atom is -0.464 e. The molecule has 0 bridgehead atoms. The molecule has 1 aliphatic heterocycles. The molecule has 2 heterocycles. The SMILES string of the molecule is CC(=O)N1CCN(C(=O)Cc2coc3cc(C)c(C)cc23)CC1. The summed E-state index contributed by atoms with van der Waals surface area (Å²) in [7, 11) is 0. The number of benzene rings is 1. The molecule has 1 aliphatic rings. The number of furan rings is 1. The number of amides is 2. The van der Waals surface area contributed by atoms with Crippen LogP contribution in [0.5, 0.6) is 0 Å². The van der Waals surface area contributed by atoms with Gasteiger partial charge in [0.25, 0.3) is 0 Å². The first-order chi connectivity index (χ1) is 11.0. The number of nitrogens with zero attached hydrogens (tertiary/aromatic N) is 2. The van der Waals surface area contributed by atoms with Gasteiger partial charge in [0.1, 0.15) is 5.58 Å². The van der Waals surface area contributed by atoms with Crippen molar-refractivity contribution in [1.82, 2.24) is 9.80 Å². The third kappa shape index (κ3) is 3.09. The molecule has 0 unspecified atom stereocenters. The number of carbonyl (C=O) groups excluding carboxylic acids is 2. The molecular formula is C18H22N2O3. The van der Waals surface area contributed by atoms with Crippen LogP contribution in [0.2, 0.25) is 0 Å². The van der Waals surface area contributed by atoms with Crippen molar-refractivity contribution in [2.45, 2.75) is 27.2 Å². The normalized spacial score (nSPS) is 15.3. The lowest BCUT2D eigenvalue weighted by Crippen LogP contribution is -2.50. The van der Waals surface area contributed by atoms with E-state index in [1.54, 1.807) is 18.1 Å². The van der Waals surface area contributed by atoms with Gasteiger partial charge in [0.2, 0.25) is 11.8 Å². The van der Waals surface area contributed by atoms with E-state index < -0.39 is 0 Å². The summed E-state index contributed by atoms with van der Waals surface area (Å²) in [6.07, 6.45) is 2.03. The minimum atomic E-state index is 0.0729. The third-order valence-electron chi connectivity index (χ3n) is 4.69. The lowest BCUT2D eigenvalue weighted by molar-refractivity contribution is -0.138.